The fraction of sp³-hybridized carbons (Fsp3) is 0.462. The van der Waals surface area contributed by atoms with Gasteiger partial charge in [0.2, 0.25) is 0 Å². The molecule has 106 valence electrons. The number of hydrogen-bond donors (Lipinski definition) is 1. The number of nitrogens with two attached hydrogens (primary N) is 1. The number of ether oxygens (including phenoxy) is 1. The summed E-state index contributed by atoms with van der Waals surface area (Å²) < 4.78 is 28.5. The Hall–Kier alpha value is -1.69. The summed E-state index contributed by atoms with van der Waals surface area (Å²) >= 11 is 0. The molecule has 0 fully saturated rings. The van der Waals surface area contributed by atoms with Crippen molar-refractivity contribution in [3.8, 4) is 5.75 Å². The number of carbonyl (C=O) groups is 1. The van der Waals surface area contributed by atoms with E-state index in [1.165, 1.54) is 23.1 Å². The van der Waals surface area contributed by atoms with Gasteiger partial charge >= 0.3 is 6.61 Å². The van der Waals surface area contributed by atoms with E-state index >= 15 is 0 Å². The maximum absolute atomic E-state index is 12.1. The van der Waals surface area contributed by atoms with Crippen LogP contribution in [0.25, 0.3) is 0 Å². The van der Waals surface area contributed by atoms with E-state index in [1.807, 2.05) is 6.92 Å². The van der Waals surface area contributed by atoms with Crippen LogP contribution in [0.4, 0.5) is 8.78 Å². The van der Waals surface area contributed by atoms with Crippen LogP contribution in [0.2, 0.25) is 0 Å². The predicted molar refractivity (Wildman–Crippen MR) is 68.3 cm³/mol. The number of hydrogen-bond acceptors (Lipinski definition) is 3. The number of halogens is 2. The lowest BCUT2D eigenvalue weighted by atomic mass is 10.1. The molecule has 0 aliphatic carbocycles. The fourth-order valence-electron chi connectivity index (χ4n) is 1.64. The molecule has 0 saturated carbocycles. The zero-order chi connectivity index (χ0) is 14.4. The number of carbonyl (C=O) groups excluding carboxylic acids is 1. The van der Waals surface area contributed by atoms with Crippen molar-refractivity contribution < 1.29 is 18.3 Å². The Balaban J connectivity index is 2.81. The first-order chi connectivity index (χ1) is 8.95. The highest BCUT2D eigenvalue weighted by atomic mass is 19.3. The summed E-state index contributed by atoms with van der Waals surface area (Å²) in [5.41, 5.74) is 5.75. The second kappa shape index (κ2) is 7.04. The van der Waals surface area contributed by atoms with E-state index in [4.69, 9.17) is 5.73 Å². The molecular weight excluding hydrogens is 254 g/mol. The molecule has 1 rings (SSSR count). The molecule has 0 heterocycles. The Morgan fingerprint density at radius 2 is 2.16 bits per heavy atom. The Labute approximate surface area is 111 Å². The van der Waals surface area contributed by atoms with E-state index in [9.17, 15) is 13.6 Å². The van der Waals surface area contributed by atoms with Gasteiger partial charge in [-0.3, -0.25) is 4.79 Å². The van der Waals surface area contributed by atoms with Crippen LogP contribution in [-0.4, -0.2) is 37.1 Å². The third-order valence-corrected chi connectivity index (χ3v) is 2.87. The average molecular weight is 272 g/mol. The first kappa shape index (κ1) is 15.4. The lowest BCUT2D eigenvalue weighted by molar-refractivity contribution is -0.0499. The minimum Gasteiger partial charge on any atom is -0.435 e. The second-order valence-electron chi connectivity index (χ2n) is 4.25. The molecule has 0 aromatic heterocycles. The summed E-state index contributed by atoms with van der Waals surface area (Å²) in [4.78, 5) is 13.7. The highest BCUT2D eigenvalue weighted by Gasteiger charge is 2.17. The van der Waals surface area contributed by atoms with E-state index in [0.717, 1.165) is 0 Å². The molecule has 0 spiro atoms. The first-order valence-electron chi connectivity index (χ1n) is 5.97. The lowest BCUT2D eigenvalue weighted by Gasteiger charge is -2.24. The Morgan fingerprint density at radius 1 is 1.47 bits per heavy atom. The van der Waals surface area contributed by atoms with Crippen molar-refractivity contribution in [2.24, 2.45) is 5.73 Å². The molecule has 1 amide bonds. The van der Waals surface area contributed by atoms with Gasteiger partial charge in [0.1, 0.15) is 5.75 Å². The van der Waals surface area contributed by atoms with Crippen LogP contribution >= 0.6 is 0 Å². The zero-order valence-corrected chi connectivity index (χ0v) is 11.0. The van der Waals surface area contributed by atoms with Crippen LogP contribution in [0, 0.1) is 0 Å². The molecular formula is C13H18F2N2O2. The van der Waals surface area contributed by atoms with Crippen molar-refractivity contribution >= 4 is 5.91 Å². The van der Waals surface area contributed by atoms with Crippen molar-refractivity contribution in [3.05, 3.63) is 29.8 Å². The average Bonchev–Trinajstić information content (AvgIpc) is 2.36. The molecule has 4 nitrogen and oxygen atoms in total. The van der Waals surface area contributed by atoms with Crippen LogP contribution in [0.3, 0.4) is 0 Å². The number of amides is 1. The van der Waals surface area contributed by atoms with Gasteiger partial charge in [0.25, 0.3) is 5.91 Å². The van der Waals surface area contributed by atoms with E-state index < -0.39 is 6.61 Å². The zero-order valence-electron chi connectivity index (χ0n) is 11.0. The van der Waals surface area contributed by atoms with Crippen molar-refractivity contribution in [3.63, 3.8) is 0 Å². The van der Waals surface area contributed by atoms with Crippen molar-refractivity contribution in [1.29, 1.82) is 0 Å². The van der Waals surface area contributed by atoms with Crippen LogP contribution in [0.15, 0.2) is 24.3 Å². The molecule has 1 atom stereocenters. The van der Waals surface area contributed by atoms with Gasteiger partial charge in [0.05, 0.1) is 0 Å². The number of nitrogens with zero attached hydrogens (tertiary/aromatic N) is 1. The minimum atomic E-state index is -2.90. The molecule has 6 heteroatoms. The molecule has 0 radical (unpaired) electrons. The largest absolute Gasteiger partial charge is 0.435 e. The van der Waals surface area contributed by atoms with Gasteiger partial charge in [-0.2, -0.15) is 8.78 Å². The van der Waals surface area contributed by atoms with Crippen LogP contribution in [-0.2, 0) is 0 Å². The van der Waals surface area contributed by atoms with E-state index in [1.54, 1.807) is 13.1 Å². The topological polar surface area (TPSA) is 55.6 Å². The van der Waals surface area contributed by atoms with Crippen molar-refractivity contribution in [2.75, 3.05) is 13.6 Å². The lowest BCUT2D eigenvalue weighted by Crippen LogP contribution is -2.36. The third kappa shape index (κ3) is 4.48. The quantitative estimate of drug-likeness (QED) is 0.862. The monoisotopic (exact) mass is 272 g/mol. The van der Waals surface area contributed by atoms with Gasteiger partial charge in [0.15, 0.2) is 0 Å². The Bertz CT molecular complexity index is 427. The van der Waals surface area contributed by atoms with Gasteiger partial charge in [-0.05, 0) is 38.1 Å². The summed E-state index contributed by atoms with van der Waals surface area (Å²) in [5.74, 6) is -0.276. The number of benzene rings is 1. The van der Waals surface area contributed by atoms with Crippen LogP contribution in [0.1, 0.15) is 23.7 Å². The van der Waals surface area contributed by atoms with Crippen molar-refractivity contribution in [2.45, 2.75) is 26.0 Å². The maximum Gasteiger partial charge on any atom is 0.387 e. The van der Waals surface area contributed by atoms with E-state index in [-0.39, 0.29) is 17.7 Å². The normalized spacial score (nSPS) is 12.3. The highest BCUT2D eigenvalue weighted by molar-refractivity contribution is 5.94. The highest BCUT2D eigenvalue weighted by Crippen LogP contribution is 2.17. The molecule has 19 heavy (non-hydrogen) atoms. The summed E-state index contributed by atoms with van der Waals surface area (Å²) in [6, 6.07) is 5.74. The first-order valence-corrected chi connectivity index (χ1v) is 5.97. The molecule has 2 N–H and O–H groups in total. The van der Waals surface area contributed by atoms with Crippen molar-refractivity contribution in [1.82, 2.24) is 4.90 Å². The Kier molecular flexibility index (Phi) is 5.69. The SMILES string of the molecule is CC(CCN)N(C)C(=O)c1cccc(OC(F)F)c1. The molecule has 0 aliphatic rings. The predicted octanol–water partition coefficient (Wildman–Crippen LogP) is 2.10. The van der Waals surface area contributed by atoms with Crippen LogP contribution < -0.4 is 10.5 Å². The van der Waals surface area contributed by atoms with E-state index in [0.29, 0.717) is 18.5 Å². The summed E-state index contributed by atoms with van der Waals surface area (Å²) in [5, 5.41) is 0. The molecule has 1 aromatic carbocycles. The number of rotatable bonds is 6. The summed E-state index contributed by atoms with van der Waals surface area (Å²) in [6.07, 6.45) is 0.676. The fourth-order valence-corrected chi connectivity index (χ4v) is 1.64. The Morgan fingerprint density at radius 3 is 2.74 bits per heavy atom. The van der Waals surface area contributed by atoms with Gasteiger partial charge in [-0.25, -0.2) is 0 Å². The molecule has 1 unspecified atom stereocenters. The third-order valence-electron chi connectivity index (χ3n) is 2.87. The summed E-state index contributed by atoms with van der Waals surface area (Å²) in [7, 11) is 1.66. The standard InChI is InChI=1S/C13H18F2N2O2/c1-9(6-7-16)17(2)12(18)10-4-3-5-11(8-10)19-13(14)15/h3-5,8-9,13H,6-7,16H2,1-2H3. The molecule has 1 aromatic rings. The second-order valence-corrected chi connectivity index (χ2v) is 4.25. The molecule has 0 saturated heterocycles. The number of alkyl halides is 2. The van der Waals surface area contributed by atoms with Gasteiger partial charge < -0.3 is 15.4 Å². The minimum absolute atomic E-state index is 0.0165. The molecule has 0 bridgehead atoms. The van der Waals surface area contributed by atoms with Gasteiger partial charge in [-0.15, -0.1) is 0 Å². The van der Waals surface area contributed by atoms with Gasteiger partial charge in [-0.1, -0.05) is 6.07 Å². The van der Waals surface area contributed by atoms with Gasteiger partial charge in [0, 0.05) is 18.7 Å². The van der Waals surface area contributed by atoms with E-state index in [2.05, 4.69) is 4.74 Å². The summed E-state index contributed by atoms with van der Waals surface area (Å²) in [6.45, 7) is -0.545. The molecule has 0 aliphatic heterocycles. The smallest absolute Gasteiger partial charge is 0.387 e. The maximum atomic E-state index is 12.1. The van der Waals surface area contributed by atoms with Crippen LogP contribution in [0.5, 0.6) is 5.75 Å².